The van der Waals surface area contributed by atoms with Crippen LogP contribution in [0.1, 0.15) is 11.3 Å². The van der Waals surface area contributed by atoms with Crippen LogP contribution in [-0.4, -0.2) is 12.0 Å². The standard InChI is InChI=1S/C9H10N2/c1-4-8-5-9(10-3)6-11-7(8)2/h1,5-6,10H,2-3H3. The van der Waals surface area contributed by atoms with E-state index in [0.717, 1.165) is 16.9 Å². The maximum absolute atomic E-state index is 5.26. The summed E-state index contributed by atoms with van der Waals surface area (Å²) in [6.45, 7) is 1.90. The van der Waals surface area contributed by atoms with E-state index >= 15 is 0 Å². The van der Waals surface area contributed by atoms with Gasteiger partial charge in [0.2, 0.25) is 0 Å². The highest BCUT2D eigenvalue weighted by molar-refractivity contribution is 5.49. The largest absolute Gasteiger partial charge is 0.387 e. The van der Waals surface area contributed by atoms with E-state index in [4.69, 9.17) is 6.42 Å². The van der Waals surface area contributed by atoms with Crippen molar-refractivity contribution in [3.8, 4) is 12.3 Å². The monoisotopic (exact) mass is 146 g/mol. The number of terminal acetylenes is 1. The molecule has 56 valence electrons. The molecule has 0 aliphatic carbocycles. The van der Waals surface area contributed by atoms with Crippen molar-refractivity contribution in [2.24, 2.45) is 0 Å². The third-order valence-electron chi connectivity index (χ3n) is 1.53. The maximum Gasteiger partial charge on any atom is 0.0536 e. The van der Waals surface area contributed by atoms with Crippen LogP contribution in [0, 0.1) is 19.3 Å². The number of hydrogen-bond acceptors (Lipinski definition) is 2. The highest BCUT2D eigenvalue weighted by atomic mass is 14.8. The van der Waals surface area contributed by atoms with Gasteiger partial charge in [0, 0.05) is 12.6 Å². The lowest BCUT2D eigenvalue weighted by atomic mass is 10.2. The number of hydrogen-bond donors (Lipinski definition) is 1. The van der Waals surface area contributed by atoms with Gasteiger partial charge in [-0.1, -0.05) is 5.92 Å². The Bertz CT molecular complexity index is 297. The lowest BCUT2D eigenvalue weighted by Gasteiger charge is -2.01. The molecule has 0 saturated carbocycles. The van der Waals surface area contributed by atoms with Crippen molar-refractivity contribution in [3.63, 3.8) is 0 Å². The average Bonchev–Trinajstić information content (AvgIpc) is 2.05. The molecule has 11 heavy (non-hydrogen) atoms. The van der Waals surface area contributed by atoms with Crippen molar-refractivity contribution in [1.29, 1.82) is 0 Å². The summed E-state index contributed by atoms with van der Waals surface area (Å²) < 4.78 is 0. The van der Waals surface area contributed by atoms with Crippen LogP contribution in [0.25, 0.3) is 0 Å². The molecule has 0 radical (unpaired) electrons. The van der Waals surface area contributed by atoms with Gasteiger partial charge in [-0.15, -0.1) is 6.42 Å². The van der Waals surface area contributed by atoms with Gasteiger partial charge < -0.3 is 5.32 Å². The van der Waals surface area contributed by atoms with Crippen LogP contribution < -0.4 is 5.32 Å². The summed E-state index contributed by atoms with van der Waals surface area (Å²) in [4.78, 5) is 4.12. The van der Waals surface area contributed by atoms with Crippen LogP contribution in [0.15, 0.2) is 12.3 Å². The van der Waals surface area contributed by atoms with E-state index in [2.05, 4.69) is 16.2 Å². The van der Waals surface area contributed by atoms with Crippen molar-refractivity contribution in [2.45, 2.75) is 6.92 Å². The van der Waals surface area contributed by atoms with Gasteiger partial charge in [0.15, 0.2) is 0 Å². The first-order valence-corrected chi connectivity index (χ1v) is 3.39. The van der Waals surface area contributed by atoms with E-state index in [1.54, 1.807) is 6.20 Å². The lowest BCUT2D eigenvalue weighted by Crippen LogP contribution is -1.93. The molecule has 2 nitrogen and oxygen atoms in total. The predicted octanol–water partition coefficient (Wildman–Crippen LogP) is 1.41. The smallest absolute Gasteiger partial charge is 0.0536 e. The topological polar surface area (TPSA) is 24.9 Å². The van der Waals surface area contributed by atoms with Crippen molar-refractivity contribution in [3.05, 3.63) is 23.5 Å². The lowest BCUT2D eigenvalue weighted by molar-refractivity contribution is 1.18. The molecule has 0 unspecified atom stereocenters. The van der Waals surface area contributed by atoms with Gasteiger partial charge in [0.1, 0.15) is 0 Å². The van der Waals surface area contributed by atoms with Crippen LogP contribution in [0.2, 0.25) is 0 Å². The molecular weight excluding hydrogens is 136 g/mol. The Hall–Kier alpha value is -1.49. The molecule has 2 heteroatoms. The SMILES string of the molecule is C#Cc1cc(NC)cnc1C. The summed E-state index contributed by atoms with van der Waals surface area (Å²) in [6.07, 6.45) is 7.02. The summed E-state index contributed by atoms with van der Waals surface area (Å²) in [7, 11) is 1.84. The minimum absolute atomic E-state index is 0.844. The van der Waals surface area contributed by atoms with Crippen LogP contribution in [0.3, 0.4) is 0 Å². The molecule has 0 fully saturated rings. The van der Waals surface area contributed by atoms with E-state index in [0.29, 0.717) is 0 Å². The van der Waals surface area contributed by atoms with Crippen molar-refractivity contribution < 1.29 is 0 Å². The van der Waals surface area contributed by atoms with Gasteiger partial charge in [-0.3, -0.25) is 4.98 Å². The molecule has 1 rings (SSSR count). The van der Waals surface area contributed by atoms with Gasteiger partial charge >= 0.3 is 0 Å². The molecule has 1 aromatic rings. The fourth-order valence-corrected chi connectivity index (χ4v) is 0.816. The number of aromatic nitrogens is 1. The van der Waals surface area contributed by atoms with Gasteiger partial charge in [0.25, 0.3) is 0 Å². The summed E-state index contributed by atoms with van der Waals surface area (Å²) >= 11 is 0. The molecule has 1 N–H and O–H groups in total. The molecule has 0 bridgehead atoms. The molecule has 0 atom stereocenters. The summed E-state index contributed by atoms with van der Waals surface area (Å²) in [6, 6.07) is 1.91. The predicted molar refractivity (Wildman–Crippen MR) is 46.5 cm³/mol. The third kappa shape index (κ3) is 1.50. The zero-order valence-corrected chi connectivity index (χ0v) is 6.68. The van der Waals surface area contributed by atoms with E-state index in [1.807, 2.05) is 20.0 Å². The summed E-state index contributed by atoms with van der Waals surface area (Å²) in [5.41, 5.74) is 2.69. The fraction of sp³-hybridized carbons (Fsp3) is 0.222. The minimum Gasteiger partial charge on any atom is -0.387 e. The Kier molecular flexibility index (Phi) is 2.12. The number of pyridine rings is 1. The second-order valence-electron chi connectivity index (χ2n) is 2.25. The van der Waals surface area contributed by atoms with Gasteiger partial charge in [-0.05, 0) is 13.0 Å². The van der Waals surface area contributed by atoms with Crippen LogP contribution in [0.4, 0.5) is 5.69 Å². The van der Waals surface area contributed by atoms with Crippen LogP contribution in [0.5, 0.6) is 0 Å². The summed E-state index contributed by atoms with van der Waals surface area (Å²) in [5.74, 6) is 2.57. The van der Waals surface area contributed by atoms with Gasteiger partial charge in [0.05, 0.1) is 17.6 Å². The molecule has 0 aliphatic rings. The van der Waals surface area contributed by atoms with Crippen molar-refractivity contribution in [2.75, 3.05) is 12.4 Å². The second-order valence-corrected chi connectivity index (χ2v) is 2.25. The van der Waals surface area contributed by atoms with Crippen LogP contribution in [-0.2, 0) is 0 Å². The van der Waals surface area contributed by atoms with E-state index in [1.165, 1.54) is 0 Å². The minimum atomic E-state index is 0.844. The van der Waals surface area contributed by atoms with Gasteiger partial charge in [-0.2, -0.15) is 0 Å². The van der Waals surface area contributed by atoms with E-state index in [-0.39, 0.29) is 0 Å². The Labute approximate surface area is 66.7 Å². The second kappa shape index (κ2) is 3.07. The number of aryl methyl sites for hydroxylation is 1. The first-order chi connectivity index (χ1) is 5.27. The Morgan fingerprint density at radius 2 is 2.36 bits per heavy atom. The highest BCUT2D eigenvalue weighted by Crippen LogP contribution is 2.09. The fourth-order valence-electron chi connectivity index (χ4n) is 0.816. The molecule has 0 aliphatic heterocycles. The Morgan fingerprint density at radius 3 is 2.91 bits per heavy atom. The number of anilines is 1. The summed E-state index contributed by atoms with van der Waals surface area (Å²) in [5, 5.41) is 2.97. The number of nitrogens with zero attached hydrogens (tertiary/aromatic N) is 1. The molecule has 1 heterocycles. The molecular formula is C9H10N2. The van der Waals surface area contributed by atoms with Crippen molar-refractivity contribution >= 4 is 5.69 Å². The zero-order valence-electron chi connectivity index (χ0n) is 6.68. The Balaban J connectivity index is 3.15. The molecule has 0 saturated heterocycles. The van der Waals surface area contributed by atoms with E-state index < -0.39 is 0 Å². The maximum atomic E-state index is 5.26. The first kappa shape index (κ1) is 7.62. The van der Waals surface area contributed by atoms with E-state index in [9.17, 15) is 0 Å². The molecule has 0 spiro atoms. The van der Waals surface area contributed by atoms with Crippen molar-refractivity contribution in [1.82, 2.24) is 4.98 Å². The average molecular weight is 146 g/mol. The third-order valence-corrected chi connectivity index (χ3v) is 1.53. The molecule has 0 aromatic carbocycles. The zero-order chi connectivity index (χ0) is 8.27. The highest BCUT2D eigenvalue weighted by Gasteiger charge is 1.95. The van der Waals surface area contributed by atoms with Crippen LogP contribution >= 0.6 is 0 Å². The molecule has 0 amide bonds. The van der Waals surface area contributed by atoms with Gasteiger partial charge in [-0.25, -0.2) is 0 Å². The quantitative estimate of drug-likeness (QED) is 0.606. The Morgan fingerprint density at radius 1 is 1.64 bits per heavy atom. The number of nitrogens with one attached hydrogen (secondary N) is 1. The normalized spacial score (nSPS) is 8.82. The molecule has 1 aromatic heterocycles. The number of rotatable bonds is 1. The first-order valence-electron chi connectivity index (χ1n) is 3.39.